The first-order valence-electron chi connectivity index (χ1n) is 7.86. The van der Waals surface area contributed by atoms with Crippen LogP contribution in [0.15, 0.2) is 48.5 Å². The lowest BCUT2D eigenvalue weighted by Gasteiger charge is -2.08. The monoisotopic (exact) mass is 372 g/mol. The molecule has 0 saturated heterocycles. The molecule has 0 saturated carbocycles. The highest BCUT2D eigenvalue weighted by molar-refractivity contribution is 6.30. The number of carbonyl (C=O) groups is 2. The van der Waals surface area contributed by atoms with E-state index in [1.807, 2.05) is 18.2 Å². The van der Waals surface area contributed by atoms with E-state index in [9.17, 15) is 9.59 Å². The molecule has 0 aliphatic carbocycles. The van der Waals surface area contributed by atoms with Crippen molar-refractivity contribution in [2.24, 2.45) is 0 Å². The van der Waals surface area contributed by atoms with E-state index in [1.54, 1.807) is 36.4 Å². The molecule has 6 nitrogen and oxygen atoms in total. The van der Waals surface area contributed by atoms with Crippen molar-refractivity contribution >= 4 is 23.5 Å². The van der Waals surface area contributed by atoms with Gasteiger partial charge in [0.2, 0.25) is 0 Å². The van der Waals surface area contributed by atoms with Gasteiger partial charge in [0.25, 0.3) is 5.91 Å². The molecule has 0 atom stereocenters. The normalized spacial score (nSPS) is 9.85. The number of esters is 1. The van der Waals surface area contributed by atoms with Gasteiger partial charge in [-0.2, -0.15) is 5.26 Å². The maximum absolute atomic E-state index is 11.7. The number of nitrogens with zero attached hydrogens (tertiary/aromatic N) is 1. The van der Waals surface area contributed by atoms with Crippen molar-refractivity contribution in [2.75, 3.05) is 19.8 Å². The van der Waals surface area contributed by atoms with Crippen molar-refractivity contribution in [3.8, 4) is 11.8 Å². The number of hydrogen-bond acceptors (Lipinski definition) is 5. The van der Waals surface area contributed by atoms with Crippen LogP contribution in [0, 0.1) is 11.3 Å². The Kier molecular flexibility index (Phi) is 7.47. The predicted octanol–water partition coefficient (Wildman–Crippen LogP) is 2.49. The number of hydrogen-bond donors (Lipinski definition) is 1. The van der Waals surface area contributed by atoms with E-state index in [2.05, 4.69) is 5.32 Å². The molecular weight excluding hydrogens is 356 g/mol. The van der Waals surface area contributed by atoms with E-state index in [-0.39, 0.29) is 19.1 Å². The van der Waals surface area contributed by atoms with Gasteiger partial charge in [-0.3, -0.25) is 4.79 Å². The van der Waals surface area contributed by atoms with Crippen LogP contribution >= 0.6 is 11.6 Å². The summed E-state index contributed by atoms with van der Waals surface area (Å²) in [6.07, 6.45) is 0.651. The highest BCUT2D eigenvalue weighted by Gasteiger charge is 2.08. The third kappa shape index (κ3) is 6.83. The third-order valence-electron chi connectivity index (χ3n) is 3.35. The maximum atomic E-state index is 11.7. The molecule has 2 aromatic carbocycles. The summed E-state index contributed by atoms with van der Waals surface area (Å²) in [5, 5.41) is 12.0. The van der Waals surface area contributed by atoms with Gasteiger partial charge in [0.15, 0.2) is 13.2 Å². The standard InChI is InChI=1S/C19H17ClN2O4/c20-16-5-1-14(2-6-16)9-10-22-18(23)12-26-19(24)13-25-17-7-3-15(11-21)4-8-17/h1-8H,9-10,12-13H2,(H,22,23). The molecule has 26 heavy (non-hydrogen) atoms. The smallest absolute Gasteiger partial charge is 0.344 e. The van der Waals surface area contributed by atoms with Gasteiger partial charge >= 0.3 is 5.97 Å². The zero-order valence-corrected chi connectivity index (χ0v) is 14.7. The van der Waals surface area contributed by atoms with Crippen molar-refractivity contribution in [2.45, 2.75) is 6.42 Å². The van der Waals surface area contributed by atoms with Crippen LogP contribution in [0.25, 0.3) is 0 Å². The SMILES string of the molecule is N#Cc1ccc(OCC(=O)OCC(=O)NCCc2ccc(Cl)cc2)cc1. The van der Waals surface area contributed by atoms with Gasteiger partial charge in [0.1, 0.15) is 5.75 Å². The molecule has 2 rings (SSSR count). The minimum atomic E-state index is -0.651. The molecule has 2 aromatic rings. The van der Waals surface area contributed by atoms with Gasteiger partial charge in [-0.1, -0.05) is 23.7 Å². The van der Waals surface area contributed by atoms with Crippen LogP contribution in [0.3, 0.4) is 0 Å². The van der Waals surface area contributed by atoms with Crippen molar-refractivity contribution in [1.29, 1.82) is 5.26 Å². The Morgan fingerprint density at radius 1 is 1.04 bits per heavy atom. The van der Waals surface area contributed by atoms with Crippen LogP contribution in [0.1, 0.15) is 11.1 Å². The van der Waals surface area contributed by atoms with E-state index in [0.717, 1.165) is 5.56 Å². The summed E-state index contributed by atoms with van der Waals surface area (Å²) in [6.45, 7) is -0.250. The summed E-state index contributed by atoms with van der Waals surface area (Å²) in [7, 11) is 0. The number of rotatable bonds is 8. The molecule has 0 spiro atoms. The Morgan fingerprint density at radius 2 is 1.73 bits per heavy atom. The summed E-state index contributed by atoms with van der Waals surface area (Å²) < 4.78 is 10.1. The van der Waals surface area contributed by atoms with E-state index in [0.29, 0.717) is 29.3 Å². The quantitative estimate of drug-likeness (QED) is 0.719. The topological polar surface area (TPSA) is 88.4 Å². The van der Waals surface area contributed by atoms with Gasteiger partial charge in [-0.05, 0) is 48.4 Å². The Bertz CT molecular complexity index is 783. The lowest BCUT2D eigenvalue weighted by Crippen LogP contribution is -2.31. The minimum Gasteiger partial charge on any atom is -0.482 e. The summed E-state index contributed by atoms with van der Waals surface area (Å²) in [4.78, 5) is 23.2. The fraction of sp³-hybridized carbons (Fsp3) is 0.211. The van der Waals surface area contributed by atoms with Gasteiger partial charge in [-0.25, -0.2) is 4.79 Å². The zero-order valence-electron chi connectivity index (χ0n) is 13.9. The largest absolute Gasteiger partial charge is 0.482 e. The summed E-state index contributed by atoms with van der Waals surface area (Å²) in [5.41, 5.74) is 1.54. The Balaban J connectivity index is 1.61. The number of halogens is 1. The van der Waals surface area contributed by atoms with Crippen LogP contribution in [0.5, 0.6) is 5.75 Å². The summed E-state index contributed by atoms with van der Waals surface area (Å²) in [5.74, 6) is -0.596. The lowest BCUT2D eigenvalue weighted by molar-refractivity contribution is -0.150. The number of carbonyl (C=O) groups excluding carboxylic acids is 2. The molecular formula is C19H17ClN2O4. The first-order valence-corrected chi connectivity index (χ1v) is 8.24. The Labute approximate surface area is 156 Å². The molecule has 0 unspecified atom stereocenters. The van der Waals surface area contributed by atoms with Crippen LogP contribution in [-0.4, -0.2) is 31.6 Å². The number of ether oxygens (including phenoxy) is 2. The van der Waals surface area contributed by atoms with Gasteiger partial charge < -0.3 is 14.8 Å². The molecule has 1 amide bonds. The molecule has 0 radical (unpaired) electrons. The van der Waals surface area contributed by atoms with E-state index < -0.39 is 5.97 Å². The number of amides is 1. The van der Waals surface area contributed by atoms with E-state index in [4.69, 9.17) is 26.3 Å². The fourth-order valence-electron chi connectivity index (χ4n) is 2.00. The predicted molar refractivity (Wildman–Crippen MR) is 95.8 cm³/mol. The summed E-state index contributed by atoms with van der Waals surface area (Å²) in [6, 6.07) is 15.6. The third-order valence-corrected chi connectivity index (χ3v) is 3.61. The molecule has 0 aliphatic rings. The molecule has 134 valence electrons. The minimum absolute atomic E-state index is 0.316. The Hall–Kier alpha value is -3.04. The molecule has 1 N–H and O–H groups in total. The van der Waals surface area contributed by atoms with Crippen LogP contribution in [0.2, 0.25) is 5.02 Å². The fourth-order valence-corrected chi connectivity index (χ4v) is 2.13. The van der Waals surface area contributed by atoms with Crippen molar-refractivity contribution in [3.05, 3.63) is 64.7 Å². The molecule has 0 fully saturated rings. The molecule has 7 heteroatoms. The van der Waals surface area contributed by atoms with E-state index >= 15 is 0 Å². The lowest BCUT2D eigenvalue weighted by atomic mass is 10.1. The van der Waals surface area contributed by atoms with Crippen molar-refractivity contribution < 1.29 is 19.1 Å². The number of benzene rings is 2. The van der Waals surface area contributed by atoms with Gasteiger partial charge in [-0.15, -0.1) is 0 Å². The molecule has 0 aliphatic heterocycles. The van der Waals surface area contributed by atoms with E-state index in [1.165, 1.54) is 0 Å². The molecule has 0 aromatic heterocycles. The van der Waals surface area contributed by atoms with Crippen molar-refractivity contribution in [3.63, 3.8) is 0 Å². The average Bonchev–Trinajstić information content (AvgIpc) is 2.66. The second-order valence-electron chi connectivity index (χ2n) is 5.31. The zero-order chi connectivity index (χ0) is 18.8. The van der Waals surface area contributed by atoms with Crippen LogP contribution in [0.4, 0.5) is 0 Å². The summed E-state index contributed by atoms with van der Waals surface area (Å²) >= 11 is 5.80. The van der Waals surface area contributed by atoms with Crippen LogP contribution in [-0.2, 0) is 20.7 Å². The first-order chi connectivity index (χ1) is 12.6. The molecule has 0 heterocycles. The highest BCUT2D eigenvalue weighted by atomic mass is 35.5. The second-order valence-corrected chi connectivity index (χ2v) is 5.75. The van der Waals surface area contributed by atoms with Gasteiger partial charge in [0, 0.05) is 11.6 Å². The molecule has 0 bridgehead atoms. The first kappa shape index (κ1) is 19.3. The van der Waals surface area contributed by atoms with Gasteiger partial charge in [0.05, 0.1) is 11.6 Å². The Morgan fingerprint density at radius 3 is 2.38 bits per heavy atom. The highest BCUT2D eigenvalue weighted by Crippen LogP contribution is 2.11. The van der Waals surface area contributed by atoms with Crippen LogP contribution < -0.4 is 10.1 Å². The number of nitrogens with one attached hydrogen (secondary N) is 1. The van der Waals surface area contributed by atoms with Crippen molar-refractivity contribution in [1.82, 2.24) is 5.32 Å². The second kappa shape index (κ2) is 10.1. The average molecular weight is 373 g/mol. The number of nitriles is 1. The maximum Gasteiger partial charge on any atom is 0.344 e.